The Balaban J connectivity index is 2.10. The molecule has 2 aromatic rings. The molecule has 0 aromatic heterocycles. The Morgan fingerprint density at radius 3 is 1.21 bits per heavy atom. The Labute approximate surface area is 187 Å². The van der Waals surface area contributed by atoms with Crippen LogP contribution in [-0.2, 0) is 11.8 Å². The van der Waals surface area contributed by atoms with E-state index in [1.165, 1.54) is 36.4 Å². The summed E-state index contributed by atoms with van der Waals surface area (Å²) in [5.41, 5.74) is -1.38. The highest BCUT2D eigenvalue weighted by atomic mass is 32.2. The van der Waals surface area contributed by atoms with Crippen molar-refractivity contribution in [3.8, 4) is 0 Å². The van der Waals surface area contributed by atoms with Gasteiger partial charge in [0.1, 0.15) is 0 Å². The summed E-state index contributed by atoms with van der Waals surface area (Å²) in [4.78, 5) is 0. The van der Waals surface area contributed by atoms with Gasteiger partial charge >= 0.3 is 0 Å². The van der Waals surface area contributed by atoms with Gasteiger partial charge in [-0.3, -0.25) is 0 Å². The fourth-order valence-corrected chi connectivity index (χ4v) is 3.26. The summed E-state index contributed by atoms with van der Waals surface area (Å²) in [6.45, 7) is 0. The number of hydrogen-bond acceptors (Lipinski definition) is 1. The van der Waals surface area contributed by atoms with Crippen LogP contribution in [0.2, 0.25) is 0 Å². The van der Waals surface area contributed by atoms with Crippen LogP contribution in [0.4, 0.5) is 43.9 Å². The fraction of sp³-hybridized carbons (Fsp3) is 0.273. The first-order valence-electron chi connectivity index (χ1n) is 9.28. The highest BCUT2D eigenvalue weighted by molar-refractivity contribution is 8.06. The van der Waals surface area contributed by atoms with E-state index in [1.54, 1.807) is 0 Å². The quantitative estimate of drug-likeness (QED) is 0.292. The van der Waals surface area contributed by atoms with Crippen molar-refractivity contribution in [1.29, 1.82) is 0 Å². The number of thioether (sulfide) groups is 1. The van der Waals surface area contributed by atoms with Crippen molar-refractivity contribution >= 4 is 11.8 Å². The summed E-state index contributed by atoms with van der Waals surface area (Å²) in [7, 11) is 0. The van der Waals surface area contributed by atoms with Crippen molar-refractivity contribution in [1.82, 2.24) is 0 Å². The molecule has 2 aromatic carbocycles. The Kier molecular flexibility index (Phi) is 9.04. The van der Waals surface area contributed by atoms with E-state index in [-0.39, 0.29) is 0 Å². The summed E-state index contributed by atoms with van der Waals surface area (Å²) in [6, 6.07) is 11.3. The van der Waals surface area contributed by atoms with Gasteiger partial charge in [-0.1, -0.05) is 60.7 Å². The SMILES string of the molecule is FC(SC(F)=C(F)C(F)CC(F)(F)c1ccccc1)=C(F)C(F)CC(F)(F)c1ccccc1. The molecule has 0 aliphatic heterocycles. The second kappa shape index (κ2) is 11.1. The van der Waals surface area contributed by atoms with Gasteiger partial charge in [0.2, 0.25) is 0 Å². The maximum Gasteiger partial charge on any atom is 0.276 e. The lowest BCUT2D eigenvalue weighted by Gasteiger charge is -2.19. The Hall–Kier alpha value is -2.43. The van der Waals surface area contributed by atoms with Crippen molar-refractivity contribution in [2.45, 2.75) is 37.0 Å². The number of halogens is 10. The summed E-state index contributed by atoms with van der Waals surface area (Å²) < 4.78 is 139. The zero-order chi connectivity index (χ0) is 24.8. The molecule has 33 heavy (non-hydrogen) atoms. The Morgan fingerprint density at radius 1 is 0.606 bits per heavy atom. The molecule has 2 unspecified atom stereocenters. The standard InChI is InChI=1S/C22H16F10S/c23-15(11-21(29,30)13-7-3-1-4-8-13)17(25)19(27)33-20(28)18(26)16(24)12-22(31,32)14-9-5-2-6-10-14/h1-10,15-16H,11-12H2. The largest absolute Gasteiger partial charge is 0.276 e. The number of rotatable bonds is 10. The lowest BCUT2D eigenvalue weighted by atomic mass is 10.0. The van der Waals surface area contributed by atoms with Crippen molar-refractivity contribution < 1.29 is 43.9 Å². The smallest absolute Gasteiger partial charge is 0.239 e. The van der Waals surface area contributed by atoms with E-state index >= 15 is 0 Å². The van der Waals surface area contributed by atoms with E-state index in [1.807, 2.05) is 0 Å². The average molecular weight is 502 g/mol. The number of hydrogen-bond donors (Lipinski definition) is 0. The lowest BCUT2D eigenvalue weighted by Crippen LogP contribution is -2.20. The van der Waals surface area contributed by atoms with Crippen LogP contribution in [0.5, 0.6) is 0 Å². The first-order valence-corrected chi connectivity index (χ1v) is 10.1. The van der Waals surface area contributed by atoms with Gasteiger partial charge in [0.25, 0.3) is 11.8 Å². The molecule has 0 nitrogen and oxygen atoms in total. The van der Waals surface area contributed by atoms with Gasteiger partial charge in [-0.05, 0) is 11.8 Å². The molecule has 2 rings (SSSR count). The fourth-order valence-electron chi connectivity index (χ4n) is 2.65. The van der Waals surface area contributed by atoms with E-state index in [2.05, 4.69) is 0 Å². The van der Waals surface area contributed by atoms with Crippen LogP contribution in [-0.4, -0.2) is 12.3 Å². The zero-order valence-electron chi connectivity index (χ0n) is 16.5. The summed E-state index contributed by atoms with van der Waals surface area (Å²) in [5.74, 6) is -12.8. The van der Waals surface area contributed by atoms with E-state index in [9.17, 15) is 43.9 Å². The van der Waals surface area contributed by atoms with Gasteiger partial charge in [-0.2, -0.15) is 8.78 Å². The molecule has 0 bridgehead atoms. The number of benzene rings is 2. The minimum absolute atomic E-state index is 0.690. The van der Waals surface area contributed by atoms with Gasteiger partial charge < -0.3 is 0 Å². The van der Waals surface area contributed by atoms with Crippen LogP contribution < -0.4 is 0 Å². The molecule has 0 spiro atoms. The van der Waals surface area contributed by atoms with E-state index in [0.717, 1.165) is 24.3 Å². The van der Waals surface area contributed by atoms with Crippen LogP contribution in [0.15, 0.2) is 82.6 Å². The number of alkyl halides is 6. The third kappa shape index (κ3) is 7.28. The highest BCUT2D eigenvalue weighted by Crippen LogP contribution is 2.42. The normalized spacial score (nSPS) is 16.1. The second-order valence-corrected chi connectivity index (χ2v) is 7.75. The monoisotopic (exact) mass is 502 g/mol. The molecule has 0 N–H and O–H groups in total. The molecule has 0 heterocycles. The van der Waals surface area contributed by atoms with Crippen molar-refractivity contribution in [3.05, 3.63) is 93.8 Å². The third-order valence-electron chi connectivity index (χ3n) is 4.37. The molecule has 0 amide bonds. The second-order valence-electron chi connectivity index (χ2n) is 6.83. The minimum Gasteiger partial charge on any atom is -0.239 e. The topological polar surface area (TPSA) is 0 Å². The molecule has 0 saturated carbocycles. The molecule has 0 radical (unpaired) electrons. The van der Waals surface area contributed by atoms with Gasteiger partial charge in [0.05, 0.1) is 12.8 Å². The Morgan fingerprint density at radius 2 is 0.909 bits per heavy atom. The molecule has 0 aliphatic carbocycles. The minimum atomic E-state index is -3.92. The van der Waals surface area contributed by atoms with Gasteiger partial charge in [-0.15, -0.1) is 0 Å². The molecule has 11 heteroatoms. The molecule has 2 atom stereocenters. The lowest BCUT2D eigenvalue weighted by molar-refractivity contribution is -0.0325. The van der Waals surface area contributed by atoms with Crippen LogP contribution in [0.1, 0.15) is 24.0 Å². The molecule has 180 valence electrons. The van der Waals surface area contributed by atoms with E-state index in [4.69, 9.17) is 0 Å². The van der Waals surface area contributed by atoms with Crippen LogP contribution in [0.25, 0.3) is 0 Å². The van der Waals surface area contributed by atoms with Crippen LogP contribution in [0, 0.1) is 0 Å². The molecular weight excluding hydrogens is 486 g/mol. The molecule has 0 aliphatic rings. The van der Waals surface area contributed by atoms with E-state index in [0.29, 0.717) is 0 Å². The van der Waals surface area contributed by atoms with E-state index < -0.39 is 81.9 Å². The predicted octanol–water partition coefficient (Wildman–Crippen LogP) is 8.98. The van der Waals surface area contributed by atoms with Crippen molar-refractivity contribution in [2.75, 3.05) is 0 Å². The van der Waals surface area contributed by atoms with Gasteiger partial charge in [-0.25, -0.2) is 35.1 Å². The Bertz CT molecular complexity index is 894. The zero-order valence-corrected chi connectivity index (χ0v) is 17.3. The van der Waals surface area contributed by atoms with Crippen LogP contribution >= 0.6 is 11.8 Å². The third-order valence-corrected chi connectivity index (χ3v) is 5.12. The van der Waals surface area contributed by atoms with Gasteiger partial charge in [0.15, 0.2) is 34.3 Å². The molecule has 0 fully saturated rings. The maximum absolute atomic E-state index is 14.0. The molecule has 0 saturated heterocycles. The van der Waals surface area contributed by atoms with Gasteiger partial charge in [0, 0.05) is 11.1 Å². The predicted molar refractivity (Wildman–Crippen MR) is 106 cm³/mol. The summed E-state index contributed by atoms with van der Waals surface area (Å²) in [5, 5.41) is -4.78. The number of allylic oxidation sites excluding steroid dienone is 2. The first-order chi connectivity index (χ1) is 15.3. The van der Waals surface area contributed by atoms with Crippen LogP contribution in [0.3, 0.4) is 0 Å². The summed E-state index contributed by atoms with van der Waals surface area (Å²) in [6.07, 6.45) is -10.2. The highest BCUT2D eigenvalue weighted by Gasteiger charge is 2.39. The first kappa shape index (κ1) is 26.8. The van der Waals surface area contributed by atoms with Crippen molar-refractivity contribution in [2.24, 2.45) is 0 Å². The van der Waals surface area contributed by atoms with Crippen molar-refractivity contribution in [3.63, 3.8) is 0 Å². The maximum atomic E-state index is 14.0. The average Bonchev–Trinajstić information content (AvgIpc) is 2.78. The summed E-state index contributed by atoms with van der Waals surface area (Å²) >= 11 is -1.08. The molecular formula is C22H16F10S.